The number of benzene rings is 1. The van der Waals surface area contributed by atoms with Gasteiger partial charge in [0.05, 0.1) is 14.2 Å². The van der Waals surface area contributed by atoms with Crippen molar-refractivity contribution in [1.29, 1.82) is 0 Å². The Balaban J connectivity index is 2.15. The largest absolute Gasteiger partial charge is 0.497 e. The van der Waals surface area contributed by atoms with Gasteiger partial charge in [0.15, 0.2) is 0 Å². The molecule has 2 rings (SSSR count). The van der Waals surface area contributed by atoms with Crippen molar-refractivity contribution in [2.75, 3.05) is 38.8 Å². The number of piperazine rings is 1. The summed E-state index contributed by atoms with van der Waals surface area (Å²) in [5, 5.41) is 3.57. The molecular weight excluding hydrogens is 240 g/mol. The van der Waals surface area contributed by atoms with Gasteiger partial charge in [-0.1, -0.05) is 13.3 Å². The van der Waals surface area contributed by atoms with Crippen LogP contribution in [0.5, 0.6) is 11.5 Å². The molecule has 1 fully saturated rings. The lowest BCUT2D eigenvalue weighted by molar-refractivity contribution is 0.392. The standard InChI is InChI=1S/C15H24N2O2/c1-4-5-12-11-17(7-6-16-12)13-8-14(18-2)10-15(9-13)19-3/h8-10,12,16H,4-7,11H2,1-3H3. The normalized spacial score (nSPS) is 19.3. The van der Waals surface area contributed by atoms with Crippen molar-refractivity contribution in [3.8, 4) is 11.5 Å². The lowest BCUT2D eigenvalue weighted by Crippen LogP contribution is -2.50. The van der Waals surface area contributed by atoms with Gasteiger partial charge in [0, 0.05) is 49.6 Å². The van der Waals surface area contributed by atoms with Crippen LogP contribution < -0.4 is 19.7 Å². The average Bonchev–Trinajstić information content (AvgIpc) is 2.47. The van der Waals surface area contributed by atoms with E-state index in [0.29, 0.717) is 6.04 Å². The highest BCUT2D eigenvalue weighted by atomic mass is 16.5. The van der Waals surface area contributed by atoms with E-state index >= 15 is 0 Å². The smallest absolute Gasteiger partial charge is 0.124 e. The van der Waals surface area contributed by atoms with Gasteiger partial charge in [0.25, 0.3) is 0 Å². The average molecular weight is 264 g/mol. The molecule has 0 amide bonds. The van der Waals surface area contributed by atoms with Gasteiger partial charge in [-0.05, 0) is 6.42 Å². The van der Waals surface area contributed by atoms with Crippen molar-refractivity contribution in [3.05, 3.63) is 18.2 Å². The summed E-state index contributed by atoms with van der Waals surface area (Å²) in [5.41, 5.74) is 1.18. The first kappa shape index (κ1) is 14.0. The predicted octanol–water partition coefficient (Wildman–Crippen LogP) is 2.28. The molecule has 1 heterocycles. The van der Waals surface area contributed by atoms with E-state index in [0.717, 1.165) is 31.1 Å². The van der Waals surface area contributed by atoms with E-state index in [1.54, 1.807) is 14.2 Å². The van der Waals surface area contributed by atoms with Crippen LogP contribution >= 0.6 is 0 Å². The number of nitrogens with one attached hydrogen (secondary N) is 1. The van der Waals surface area contributed by atoms with Gasteiger partial charge in [-0.15, -0.1) is 0 Å². The summed E-state index contributed by atoms with van der Waals surface area (Å²) < 4.78 is 10.7. The highest BCUT2D eigenvalue weighted by molar-refractivity contribution is 5.56. The second-order valence-corrected chi connectivity index (χ2v) is 4.96. The van der Waals surface area contributed by atoms with E-state index in [1.807, 2.05) is 6.07 Å². The predicted molar refractivity (Wildman–Crippen MR) is 78.5 cm³/mol. The van der Waals surface area contributed by atoms with Crippen LogP contribution in [0.2, 0.25) is 0 Å². The molecule has 4 nitrogen and oxygen atoms in total. The van der Waals surface area contributed by atoms with Gasteiger partial charge in [-0.2, -0.15) is 0 Å². The van der Waals surface area contributed by atoms with Crippen molar-refractivity contribution in [3.63, 3.8) is 0 Å². The van der Waals surface area contributed by atoms with Crippen LogP contribution in [0.15, 0.2) is 18.2 Å². The van der Waals surface area contributed by atoms with E-state index in [1.165, 1.54) is 18.5 Å². The molecular formula is C15H24N2O2. The molecule has 1 unspecified atom stereocenters. The van der Waals surface area contributed by atoms with Gasteiger partial charge in [-0.3, -0.25) is 0 Å². The zero-order chi connectivity index (χ0) is 13.7. The second kappa shape index (κ2) is 6.66. The zero-order valence-electron chi connectivity index (χ0n) is 12.1. The molecule has 1 aliphatic heterocycles. The van der Waals surface area contributed by atoms with E-state index in [2.05, 4.69) is 29.3 Å². The minimum absolute atomic E-state index is 0.580. The van der Waals surface area contributed by atoms with E-state index in [4.69, 9.17) is 9.47 Å². The number of methoxy groups -OCH3 is 2. The number of hydrogen-bond donors (Lipinski definition) is 1. The maximum absolute atomic E-state index is 5.34. The third kappa shape index (κ3) is 3.53. The number of nitrogens with zero attached hydrogens (tertiary/aromatic N) is 1. The maximum atomic E-state index is 5.34. The Morgan fingerprint density at radius 2 is 1.89 bits per heavy atom. The number of ether oxygens (including phenoxy) is 2. The number of anilines is 1. The second-order valence-electron chi connectivity index (χ2n) is 4.96. The Labute approximate surface area is 115 Å². The van der Waals surface area contributed by atoms with Crippen molar-refractivity contribution < 1.29 is 9.47 Å². The van der Waals surface area contributed by atoms with Gasteiger partial charge >= 0.3 is 0 Å². The van der Waals surface area contributed by atoms with E-state index in [-0.39, 0.29) is 0 Å². The Kier molecular flexibility index (Phi) is 4.91. The van der Waals surface area contributed by atoms with Gasteiger partial charge in [-0.25, -0.2) is 0 Å². The van der Waals surface area contributed by atoms with Crippen LogP contribution in [-0.4, -0.2) is 39.9 Å². The summed E-state index contributed by atoms with van der Waals surface area (Å²) in [7, 11) is 3.38. The Hall–Kier alpha value is -1.42. The van der Waals surface area contributed by atoms with Crippen molar-refractivity contribution >= 4 is 5.69 Å². The number of rotatable bonds is 5. The minimum atomic E-state index is 0.580. The highest BCUT2D eigenvalue weighted by Crippen LogP contribution is 2.29. The van der Waals surface area contributed by atoms with Crippen LogP contribution in [0.25, 0.3) is 0 Å². The third-order valence-electron chi connectivity index (χ3n) is 3.59. The van der Waals surface area contributed by atoms with Gasteiger partial charge in [0.1, 0.15) is 11.5 Å². The van der Waals surface area contributed by atoms with Crippen molar-refractivity contribution in [1.82, 2.24) is 5.32 Å². The molecule has 1 aliphatic rings. The molecule has 0 aromatic heterocycles. The Morgan fingerprint density at radius 1 is 1.21 bits per heavy atom. The first-order chi connectivity index (χ1) is 9.26. The quantitative estimate of drug-likeness (QED) is 0.884. The van der Waals surface area contributed by atoms with Crippen LogP contribution in [0.4, 0.5) is 5.69 Å². The monoisotopic (exact) mass is 264 g/mol. The highest BCUT2D eigenvalue weighted by Gasteiger charge is 2.19. The fourth-order valence-corrected chi connectivity index (χ4v) is 2.58. The summed E-state index contributed by atoms with van der Waals surface area (Å²) in [6.45, 7) is 5.33. The van der Waals surface area contributed by atoms with Crippen LogP contribution in [0.3, 0.4) is 0 Å². The SMILES string of the molecule is CCCC1CN(c2cc(OC)cc(OC)c2)CCN1. The molecule has 1 saturated heterocycles. The Bertz CT molecular complexity index is 385. The number of hydrogen-bond acceptors (Lipinski definition) is 4. The third-order valence-corrected chi connectivity index (χ3v) is 3.59. The molecule has 1 N–H and O–H groups in total. The fourth-order valence-electron chi connectivity index (χ4n) is 2.58. The van der Waals surface area contributed by atoms with Crippen LogP contribution in [0.1, 0.15) is 19.8 Å². The lowest BCUT2D eigenvalue weighted by atomic mass is 10.1. The van der Waals surface area contributed by atoms with E-state index in [9.17, 15) is 0 Å². The summed E-state index contributed by atoms with van der Waals surface area (Å²) in [6, 6.07) is 6.65. The fraction of sp³-hybridized carbons (Fsp3) is 0.600. The van der Waals surface area contributed by atoms with Gasteiger partial charge in [0.2, 0.25) is 0 Å². The lowest BCUT2D eigenvalue weighted by Gasteiger charge is -2.35. The topological polar surface area (TPSA) is 33.7 Å². The summed E-state index contributed by atoms with van der Waals surface area (Å²) in [4.78, 5) is 2.40. The molecule has 19 heavy (non-hydrogen) atoms. The van der Waals surface area contributed by atoms with Crippen molar-refractivity contribution in [2.45, 2.75) is 25.8 Å². The molecule has 0 spiro atoms. The molecule has 106 valence electrons. The maximum Gasteiger partial charge on any atom is 0.124 e. The van der Waals surface area contributed by atoms with Crippen LogP contribution in [0, 0.1) is 0 Å². The summed E-state index contributed by atoms with van der Waals surface area (Å²) >= 11 is 0. The molecule has 4 heteroatoms. The summed E-state index contributed by atoms with van der Waals surface area (Å²) in [5.74, 6) is 1.69. The van der Waals surface area contributed by atoms with Crippen LogP contribution in [-0.2, 0) is 0 Å². The molecule has 1 atom stereocenters. The molecule has 1 aromatic carbocycles. The van der Waals surface area contributed by atoms with Crippen molar-refractivity contribution in [2.24, 2.45) is 0 Å². The first-order valence-corrected chi connectivity index (χ1v) is 6.98. The molecule has 1 aromatic rings. The Morgan fingerprint density at radius 3 is 2.47 bits per heavy atom. The first-order valence-electron chi connectivity index (χ1n) is 6.98. The molecule has 0 aliphatic carbocycles. The molecule has 0 radical (unpaired) electrons. The zero-order valence-corrected chi connectivity index (χ0v) is 12.1. The van der Waals surface area contributed by atoms with E-state index < -0.39 is 0 Å². The van der Waals surface area contributed by atoms with Gasteiger partial charge < -0.3 is 19.7 Å². The molecule has 0 saturated carbocycles. The molecule has 0 bridgehead atoms. The summed E-state index contributed by atoms with van der Waals surface area (Å²) in [6.07, 6.45) is 2.44. The minimum Gasteiger partial charge on any atom is -0.497 e.